The van der Waals surface area contributed by atoms with E-state index >= 15 is 0 Å². The molecule has 18 heavy (non-hydrogen) atoms. The van der Waals surface area contributed by atoms with Gasteiger partial charge >= 0.3 is 5.97 Å². The minimum atomic E-state index is -0.604. The van der Waals surface area contributed by atoms with Crippen LogP contribution in [0.25, 0.3) is 0 Å². The average molecular weight is 248 g/mol. The van der Waals surface area contributed by atoms with Gasteiger partial charge < -0.3 is 9.84 Å². The maximum atomic E-state index is 11.6. The summed E-state index contributed by atoms with van der Waals surface area (Å²) in [7, 11) is 0. The Labute approximate surface area is 108 Å². The van der Waals surface area contributed by atoms with Gasteiger partial charge in [0.25, 0.3) is 0 Å². The first-order valence-corrected chi connectivity index (χ1v) is 6.40. The lowest BCUT2D eigenvalue weighted by atomic mass is 9.86. The fraction of sp³-hybridized carbons (Fsp3) is 0.533. The fourth-order valence-corrected chi connectivity index (χ4v) is 2.65. The minimum Gasteiger partial charge on any atom is -0.454 e. The molecule has 0 bridgehead atoms. The number of esters is 1. The number of fused-ring (bicyclic) bond motifs is 1. The summed E-state index contributed by atoms with van der Waals surface area (Å²) in [6.07, 6.45) is 5.65. The number of hydrogen-bond acceptors (Lipinski definition) is 3. The Bertz CT molecular complexity index is 431. The molecule has 0 amide bonds. The van der Waals surface area contributed by atoms with Gasteiger partial charge in [-0.2, -0.15) is 0 Å². The van der Waals surface area contributed by atoms with Crippen LogP contribution < -0.4 is 0 Å². The second-order valence-electron chi connectivity index (χ2n) is 5.29. The van der Waals surface area contributed by atoms with Gasteiger partial charge in [-0.15, -0.1) is 0 Å². The van der Waals surface area contributed by atoms with Crippen LogP contribution in [0.4, 0.5) is 0 Å². The van der Waals surface area contributed by atoms with E-state index in [-0.39, 0.29) is 18.0 Å². The molecular weight excluding hydrogens is 228 g/mol. The van der Waals surface area contributed by atoms with Crippen molar-refractivity contribution in [2.45, 2.75) is 45.3 Å². The Balaban J connectivity index is 2.33. The predicted molar refractivity (Wildman–Crippen MR) is 69.9 cm³/mol. The van der Waals surface area contributed by atoms with Gasteiger partial charge in [-0.1, -0.05) is 23.8 Å². The topological polar surface area (TPSA) is 46.5 Å². The van der Waals surface area contributed by atoms with Gasteiger partial charge in [0, 0.05) is 5.57 Å². The molecule has 3 nitrogen and oxygen atoms in total. The first kappa shape index (κ1) is 13.1. The number of carbonyl (C=O) groups is 1. The first-order valence-electron chi connectivity index (χ1n) is 6.40. The van der Waals surface area contributed by atoms with Crippen molar-refractivity contribution in [2.75, 3.05) is 0 Å². The smallest absolute Gasteiger partial charge is 0.334 e. The third-order valence-electron chi connectivity index (χ3n) is 3.69. The van der Waals surface area contributed by atoms with Gasteiger partial charge in [0.15, 0.2) is 0 Å². The van der Waals surface area contributed by atoms with Gasteiger partial charge in [-0.25, -0.2) is 4.79 Å². The van der Waals surface area contributed by atoms with Crippen LogP contribution >= 0.6 is 0 Å². The Hall–Kier alpha value is -1.35. The number of aliphatic hydroxyl groups is 1. The summed E-state index contributed by atoms with van der Waals surface area (Å²) in [5.41, 5.74) is 2.73. The van der Waals surface area contributed by atoms with Crippen LogP contribution in [-0.4, -0.2) is 23.3 Å². The molecule has 0 unspecified atom stereocenters. The SMILES string of the molecule is C=C1C(=O)O[C@@H]2/C=C(\C)CC/C=C(\C)C[C@@H](O)[C@H]12. The Kier molecular flexibility index (Phi) is 3.71. The first-order chi connectivity index (χ1) is 8.49. The Morgan fingerprint density at radius 3 is 2.83 bits per heavy atom. The third kappa shape index (κ3) is 2.56. The molecule has 1 N–H and O–H groups in total. The van der Waals surface area contributed by atoms with Crippen LogP contribution in [0.3, 0.4) is 0 Å². The van der Waals surface area contributed by atoms with Gasteiger partial charge in [0.2, 0.25) is 0 Å². The van der Waals surface area contributed by atoms with E-state index in [2.05, 4.69) is 12.7 Å². The predicted octanol–water partition coefficient (Wildman–Crippen LogP) is 2.52. The average Bonchev–Trinajstić information content (AvgIpc) is 2.53. The van der Waals surface area contributed by atoms with E-state index in [0.29, 0.717) is 12.0 Å². The number of ether oxygens (including phenoxy) is 1. The number of rotatable bonds is 0. The standard InChI is InChI=1S/C15H20O3/c1-9-5-4-6-10(2)8-13-14(12(16)7-9)11(3)15(17)18-13/h5,8,12-14,16H,3-4,6-7H2,1-2H3/b9-5+,10-8+/t12-,13-,14+/m1/s1. The largest absolute Gasteiger partial charge is 0.454 e. The van der Waals surface area contributed by atoms with E-state index in [1.165, 1.54) is 5.57 Å². The molecule has 0 aromatic carbocycles. The molecule has 3 heteroatoms. The summed E-state index contributed by atoms with van der Waals surface area (Å²) in [5.74, 6) is -0.692. The summed E-state index contributed by atoms with van der Waals surface area (Å²) < 4.78 is 5.29. The lowest BCUT2D eigenvalue weighted by Gasteiger charge is -2.23. The maximum Gasteiger partial charge on any atom is 0.334 e. The van der Waals surface area contributed by atoms with E-state index in [4.69, 9.17) is 4.74 Å². The van der Waals surface area contributed by atoms with E-state index in [9.17, 15) is 9.90 Å². The highest BCUT2D eigenvalue weighted by Gasteiger charge is 2.41. The normalized spacial score (nSPS) is 39.2. The number of carbonyl (C=O) groups excluding carboxylic acids is 1. The van der Waals surface area contributed by atoms with Crippen molar-refractivity contribution in [3.05, 3.63) is 35.5 Å². The molecule has 0 saturated carbocycles. The Morgan fingerprint density at radius 2 is 2.11 bits per heavy atom. The molecule has 0 aromatic rings. The minimum absolute atomic E-state index is 0.311. The molecule has 2 rings (SSSR count). The van der Waals surface area contributed by atoms with Crippen LogP contribution in [0.15, 0.2) is 35.5 Å². The summed E-state index contributed by atoms with van der Waals surface area (Å²) in [5, 5.41) is 10.3. The molecule has 1 aliphatic carbocycles. The molecule has 0 spiro atoms. The van der Waals surface area contributed by atoms with Gasteiger partial charge in [-0.3, -0.25) is 0 Å². The molecule has 1 aliphatic heterocycles. The van der Waals surface area contributed by atoms with E-state index in [1.807, 2.05) is 19.9 Å². The molecule has 2 aliphatic rings. The van der Waals surface area contributed by atoms with Crippen LogP contribution in [0.5, 0.6) is 0 Å². The molecule has 1 fully saturated rings. The quantitative estimate of drug-likeness (QED) is 0.407. The van der Waals surface area contributed by atoms with Crippen molar-refractivity contribution < 1.29 is 14.6 Å². The molecule has 3 atom stereocenters. The summed E-state index contributed by atoms with van der Waals surface area (Å²) in [6, 6.07) is 0. The zero-order valence-corrected chi connectivity index (χ0v) is 11.0. The van der Waals surface area contributed by atoms with E-state index in [0.717, 1.165) is 18.4 Å². The van der Waals surface area contributed by atoms with Crippen molar-refractivity contribution in [3.8, 4) is 0 Å². The monoisotopic (exact) mass is 248 g/mol. The lowest BCUT2D eigenvalue weighted by Crippen LogP contribution is -2.28. The van der Waals surface area contributed by atoms with Crippen molar-refractivity contribution in [3.63, 3.8) is 0 Å². The van der Waals surface area contributed by atoms with Crippen LogP contribution in [0.1, 0.15) is 33.1 Å². The highest BCUT2D eigenvalue weighted by molar-refractivity contribution is 5.91. The summed E-state index contributed by atoms with van der Waals surface area (Å²) in [4.78, 5) is 11.6. The molecule has 1 saturated heterocycles. The molecular formula is C15H20O3. The third-order valence-corrected chi connectivity index (χ3v) is 3.69. The highest BCUT2D eigenvalue weighted by Crippen LogP contribution is 2.34. The second kappa shape index (κ2) is 5.11. The van der Waals surface area contributed by atoms with E-state index in [1.54, 1.807) is 0 Å². The zero-order valence-electron chi connectivity index (χ0n) is 11.0. The van der Waals surface area contributed by atoms with Crippen LogP contribution in [0, 0.1) is 5.92 Å². The van der Waals surface area contributed by atoms with Gasteiger partial charge in [0.1, 0.15) is 6.10 Å². The summed E-state index contributed by atoms with van der Waals surface area (Å²) in [6.45, 7) is 7.81. The molecule has 98 valence electrons. The molecule has 0 aromatic heterocycles. The van der Waals surface area contributed by atoms with Gasteiger partial charge in [0.05, 0.1) is 12.0 Å². The van der Waals surface area contributed by atoms with E-state index < -0.39 is 6.10 Å². The van der Waals surface area contributed by atoms with Crippen molar-refractivity contribution >= 4 is 5.97 Å². The summed E-state index contributed by atoms with van der Waals surface area (Å²) >= 11 is 0. The van der Waals surface area contributed by atoms with Crippen LogP contribution in [0.2, 0.25) is 0 Å². The second-order valence-corrected chi connectivity index (χ2v) is 5.29. The molecule has 0 radical (unpaired) electrons. The number of allylic oxidation sites excluding steroid dienone is 2. The lowest BCUT2D eigenvalue weighted by molar-refractivity contribution is -0.137. The number of hydrogen-bond donors (Lipinski definition) is 1. The van der Waals surface area contributed by atoms with Crippen molar-refractivity contribution in [1.29, 1.82) is 0 Å². The Morgan fingerprint density at radius 1 is 1.39 bits per heavy atom. The maximum absolute atomic E-state index is 11.6. The fourth-order valence-electron chi connectivity index (χ4n) is 2.65. The van der Waals surface area contributed by atoms with Gasteiger partial charge in [-0.05, 0) is 39.2 Å². The van der Waals surface area contributed by atoms with Crippen molar-refractivity contribution in [2.24, 2.45) is 5.92 Å². The number of aliphatic hydroxyl groups excluding tert-OH is 1. The molecule has 1 heterocycles. The zero-order chi connectivity index (χ0) is 13.3. The van der Waals surface area contributed by atoms with Crippen molar-refractivity contribution in [1.82, 2.24) is 0 Å². The highest BCUT2D eigenvalue weighted by atomic mass is 16.6. The van der Waals surface area contributed by atoms with Crippen LogP contribution in [-0.2, 0) is 9.53 Å².